The smallest absolute Gasteiger partial charge is 0.318 e. The Kier molecular flexibility index (Phi) is 4.24. The average Bonchev–Trinajstić information content (AvgIpc) is 3.32. The summed E-state index contributed by atoms with van der Waals surface area (Å²) in [6, 6.07) is 6.85. The number of hydrogen-bond donors (Lipinski definition) is 1. The van der Waals surface area contributed by atoms with Gasteiger partial charge in [0.25, 0.3) is 5.89 Å². The van der Waals surface area contributed by atoms with E-state index >= 15 is 0 Å². The zero-order valence-corrected chi connectivity index (χ0v) is 16.9. The van der Waals surface area contributed by atoms with Crippen LogP contribution in [0.3, 0.4) is 0 Å². The molecule has 29 heavy (non-hydrogen) atoms. The Labute approximate surface area is 174 Å². The summed E-state index contributed by atoms with van der Waals surface area (Å²) < 4.78 is 20.5. The van der Waals surface area contributed by atoms with Gasteiger partial charge in [0.2, 0.25) is 11.6 Å². The van der Waals surface area contributed by atoms with Crippen molar-refractivity contribution in [3.05, 3.63) is 46.2 Å². The molecule has 2 aliphatic rings. The summed E-state index contributed by atoms with van der Waals surface area (Å²) in [5, 5.41) is 11.3. The molecule has 2 aromatic heterocycles. The molecular weight excluding hydrogens is 439 g/mol. The predicted molar refractivity (Wildman–Crippen MR) is 109 cm³/mol. The van der Waals surface area contributed by atoms with Crippen molar-refractivity contribution in [2.45, 2.75) is 24.6 Å². The lowest BCUT2D eigenvalue weighted by Crippen LogP contribution is -2.58. The van der Waals surface area contributed by atoms with Gasteiger partial charge in [-0.1, -0.05) is 33.0 Å². The molecule has 9 heteroatoms. The van der Waals surface area contributed by atoms with E-state index in [1.54, 1.807) is 17.3 Å². The molecule has 1 fully saturated rings. The Hall–Kier alpha value is -2.99. The lowest BCUT2D eigenvalue weighted by Gasteiger charge is -2.39. The van der Waals surface area contributed by atoms with E-state index in [1.807, 2.05) is 0 Å². The number of rotatable bonds is 4. The van der Waals surface area contributed by atoms with Crippen molar-refractivity contribution in [2.75, 3.05) is 23.3 Å². The van der Waals surface area contributed by atoms with E-state index in [4.69, 9.17) is 10.8 Å². The van der Waals surface area contributed by atoms with Crippen LogP contribution in [-0.4, -0.2) is 45.0 Å². The van der Waals surface area contributed by atoms with Gasteiger partial charge in [-0.05, 0) is 36.1 Å². The monoisotopic (exact) mass is 454 g/mol. The van der Waals surface area contributed by atoms with Crippen molar-refractivity contribution in [1.29, 1.82) is 0 Å². The molecule has 1 atom stereocenters. The first-order valence-corrected chi connectivity index (χ1v) is 9.92. The molecule has 7 nitrogen and oxygen atoms in total. The average molecular weight is 455 g/mol. The van der Waals surface area contributed by atoms with Gasteiger partial charge >= 0.3 is 6.01 Å². The second-order valence-electron chi connectivity index (χ2n) is 7.31. The van der Waals surface area contributed by atoms with Gasteiger partial charge in [0, 0.05) is 22.9 Å². The Morgan fingerprint density at radius 1 is 1.21 bits per heavy atom. The normalized spacial score (nSPS) is 19.3. The standard InChI is InChI=1S/C20H16BrFN6O/c1-2-20(22)10-28(11-20)19-27-26-17(29-19)14-8-23-18(24-9-14)25-16-6-12-3-4-15(21)5-13(12)7-16/h1,3-5,8-9,16H,6-7,10-11H2,(H,23,24,25). The van der Waals surface area contributed by atoms with E-state index in [0.717, 1.165) is 17.3 Å². The van der Waals surface area contributed by atoms with Crippen molar-refractivity contribution in [2.24, 2.45) is 0 Å². The maximum absolute atomic E-state index is 13.8. The fraction of sp³-hybridized carbons (Fsp3) is 0.300. The van der Waals surface area contributed by atoms with Gasteiger partial charge in [-0.25, -0.2) is 14.4 Å². The Morgan fingerprint density at radius 2 is 1.97 bits per heavy atom. The number of nitrogens with zero attached hydrogens (tertiary/aromatic N) is 5. The number of fused-ring (bicyclic) bond motifs is 1. The van der Waals surface area contributed by atoms with Crippen LogP contribution in [0.2, 0.25) is 0 Å². The molecule has 5 rings (SSSR count). The zero-order valence-electron chi connectivity index (χ0n) is 15.3. The van der Waals surface area contributed by atoms with Crippen LogP contribution >= 0.6 is 15.9 Å². The van der Waals surface area contributed by atoms with Gasteiger partial charge in [-0.15, -0.1) is 11.5 Å². The first-order valence-electron chi connectivity index (χ1n) is 9.13. The largest absolute Gasteiger partial charge is 0.403 e. The molecule has 1 unspecified atom stereocenters. The second kappa shape index (κ2) is 6.81. The molecule has 0 saturated carbocycles. The summed E-state index contributed by atoms with van der Waals surface area (Å²) in [6.45, 7) is 0.0929. The maximum atomic E-state index is 13.8. The van der Waals surface area contributed by atoms with Crippen LogP contribution in [0.15, 0.2) is 39.5 Å². The number of anilines is 2. The van der Waals surface area contributed by atoms with Gasteiger partial charge in [0.1, 0.15) is 0 Å². The fourth-order valence-electron chi connectivity index (χ4n) is 3.63. The Morgan fingerprint density at radius 3 is 2.72 bits per heavy atom. The molecule has 146 valence electrons. The summed E-state index contributed by atoms with van der Waals surface area (Å²) >= 11 is 3.51. The lowest BCUT2D eigenvalue weighted by molar-refractivity contribution is 0.185. The van der Waals surface area contributed by atoms with Crippen molar-refractivity contribution in [1.82, 2.24) is 20.2 Å². The number of halogens is 2. The molecule has 1 N–H and O–H groups in total. The van der Waals surface area contributed by atoms with E-state index < -0.39 is 5.67 Å². The molecule has 0 bridgehead atoms. The number of alkyl halides is 1. The number of aromatic nitrogens is 4. The van der Waals surface area contributed by atoms with Crippen LogP contribution in [-0.2, 0) is 12.8 Å². The highest BCUT2D eigenvalue weighted by Crippen LogP contribution is 2.31. The van der Waals surface area contributed by atoms with Gasteiger partial charge in [-0.2, -0.15) is 0 Å². The molecule has 3 heterocycles. The quantitative estimate of drug-likeness (QED) is 0.606. The Bertz CT molecular complexity index is 1100. The van der Waals surface area contributed by atoms with E-state index in [2.05, 4.69) is 65.5 Å². The predicted octanol–water partition coefficient (Wildman–Crippen LogP) is 3.03. The third-order valence-electron chi connectivity index (χ3n) is 5.16. The minimum Gasteiger partial charge on any atom is -0.403 e. The van der Waals surface area contributed by atoms with Crippen molar-refractivity contribution < 1.29 is 8.81 Å². The summed E-state index contributed by atoms with van der Waals surface area (Å²) in [7, 11) is 0. The minimum absolute atomic E-state index is 0.0465. The molecule has 1 aliphatic heterocycles. The number of benzene rings is 1. The van der Waals surface area contributed by atoms with Crippen LogP contribution in [0.25, 0.3) is 11.5 Å². The van der Waals surface area contributed by atoms with Gasteiger partial charge in [-0.3, -0.25) is 0 Å². The zero-order chi connectivity index (χ0) is 20.0. The number of terminal acetylenes is 1. The molecule has 1 aromatic carbocycles. The summed E-state index contributed by atoms with van der Waals surface area (Å²) in [6.07, 6.45) is 10.3. The Balaban J connectivity index is 1.23. The van der Waals surface area contributed by atoms with Crippen molar-refractivity contribution in [3.63, 3.8) is 0 Å². The molecular formula is C20H16BrFN6O. The third-order valence-corrected chi connectivity index (χ3v) is 5.65. The summed E-state index contributed by atoms with van der Waals surface area (Å²) in [5.41, 5.74) is 1.65. The molecule has 1 aliphatic carbocycles. The van der Waals surface area contributed by atoms with Crippen LogP contribution in [0.4, 0.5) is 16.4 Å². The fourth-order valence-corrected chi connectivity index (χ4v) is 4.04. The summed E-state index contributed by atoms with van der Waals surface area (Å²) in [5.74, 6) is 2.96. The second-order valence-corrected chi connectivity index (χ2v) is 8.23. The van der Waals surface area contributed by atoms with E-state index in [-0.39, 0.29) is 31.0 Å². The molecule has 0 spiro atoms. The van der Waals surface area contributed by atoms with Crippen molar-refractivity contribution >= 4 is 27.9 Å². The van der Waals surface area contributed by atoms with Crippen LogP contribution in [0, 0.1) is 12.3 Å². The first kappa shape index (κ1) is 18.1. The third kappa shape index (κ3) is 3.44. The summed E-state index contributed by atoms with van der Waals surface area (Å²) in [4.78, 5) is 10.3. The van der Waals surface area contributed by atoms with Crippen LogP contribution < -0.4 is 10.2 Å². The molecule has 0 amide bonds. The highest BCUT2D eigenvalue weighted by atomic mass is 79.9. The highest BCUT2D eigenvalue weighted by molar-refractivity contribution is 9.10. The molecule has 0 radical (unpaired) electrons. The minimum atomic E-state index is -1.62. The van der Waals surface area contributed by atoms with Crippen LogP contribution in [0.5, 0.6) is 0 Å². The topological polar surface area (TPSA) is 80.0 Å². The van der Waals surface area contributed by atoms with Crippen molar-refractivity contribution in [3.8, 4) is 23.8 Å². The van der Waals surface area contributed by atoms with E-state index in [9.17, 15) is 4.39 Å². The maximum Gasteiger partial charge on any atom is 0.318 e. The first-order chi connectivity index (χ1) is 14.0. The van der Waals surface area contributed by atoms with Gasteiger partial charge in [0.15, 0.2) is 0 Å². The highest BCUT2D eigenvalue weighted by Gasteiger charge is 2.44. The molecule has 3 aromatic rings. The van der Waals surface area contributed by atoms with E-state index in [0.29, 0.717) is 11.5 Å². The van der Waals surface area contributed by atoms with E-state index in [1.165, 1.54) is 11.1 Å². The molecule has 1 saturated heterocycles. The SMILES string of the molecule is C#CC1(F)CN(c2nnc(-c3cnc(NC4Cc5ccc(Br)cc5C4)nc3)o2)C1. The number of hydrogen-bond acceptors (Lipinski definition) is 7. The van der Waals surface area contributed by atoms with Gasteiger partial charge < -0.3 is 14.6 Å². The van der Waals surface area contributed by atoms with Crippen LogP contribution in [0.1, 0.15) is 11.1 Å². The lowest BCUT2D eigenvalue weighted by atomic mass is 9.98. The van der Waals surface area contributed by atoms with Gasteiger partial charge in [0.05, 0.1) is 18.7 Å². The number of nitrogens with one attached hydrogen (secondary N) is 1.